The standard InChI is InChI=1S/C27H23N7O/c35-27-23-18-33(14-10-24(23)30-26(31-27)20-5-4-11-29-15-20)16-21-17-34(22-6-2-1-3-7-22)32-25(21)19-8-12-28-13-9-19/h1-9,11-13,15,17H,10,14,16,18H2,(H,30,31,35). The molecule has 8 heteroatoms. The maximum absolute atomic E-state index is 13.0. The number of benzene rings is 1. The van der Waals surface area contributed by atoms with Crippen LogP contribution >= 0.6 is 0 Å². The van der Waals surface area contributed by atoms with E-state index in [1.165, 1.54) is 0 Å². The molecule has 6 rings (SSSR count). The first-order valence-electron chi connectivity index (χ1n) is 11.5. The van der Waals surface area contributed by atoms with Crippen LogP contribution in [0.5, 0.6) is 0 Å². The number of para-hydroxylation sites is 1. The fourth-order valence-electron chi connectivity index (χ4n) is 4.49. The van der Waals surface area contributed by atoms with Crippen molar-refractivity contribution in [3.63, 3.8) is 0 Å². The quantitative estimate of drug-likeness (QED) is 0.430. The van der Waals surface area contributed by atoms with E-state index in [1.54, 1.807) is 24.8 Å². The van der Waals surface area contributed by atoms with E-state index in [4.69, 9.17) is 10.1 Å². The number of hydrogen-bond donors (Lipinski definition) is 1. The molecule has 0 bridgehead atoms. The number of nitrogens with zero attached hydrogens (tertiary/aromatic N) is 6. The van der Waals surface area contributed by atoms with Crippen molar-refractivity contribution in [3.8, 4) is 28.3 Å². The summed E-state index contributed by atoms with van der Waals surface area (Å²) in [5.74, 6) is 0.569. The molecule has 5 heterocycles. The molecule has 8 nitrogen and oxygen atoms in total. The molecule has 0 saturated heterocycles. The Labute approximate surface area is 202 Å². The van der Waals surface area contributed by atoms with E-state index in [-0.39, 0.29) is 5.56 Å². The second-order valence-electron chi connectivity index (χ2n) is 8.56. The van der Waals surface area contributed by atoms with E-state index in [0.717, 1.165) is 45.9 Å². The first kappa shape index (κ1) is 21.1. The van der Waals surface area contributed by atoms with Gasteiger partial charge in [-0.3, -0.25) is 19.7 Å². The minimum Gasteiger partial charge on any atom is -0.306 e. The Morgan fingerprint density at radius 3 is 2.57 bits per heavy atom. The monoisotopic (exact) mass is 461 g/mol. The van der Waals surface area contributed by atoms with Gasteiger partial charge in [0.2, 0.25) is 0 Å². The summed E-state index contributed by atoms with van der Waals surface area (Å²) < 4.78 is 1.91. The average Bonchev–Trinajstić information content (AvgIpc) is 3.34. The smallest absolute Gasteiger partial charge is 0.255 e. The predicted octanol–water partition coefficient (Wildman–Crippen LogP) is 3.64. The van der Waals surface area contributed by atoms with Crippen LogP contribution in [0.3, 0.4) is 0 Å². The first-order valence-corrected chi connectivity index (χ1v) is 11.5. The lowest BCUT2D eigenvalue weighted by molar-refractivity contribution is 0.242. The molecule has 1 aliphatic heterocycles. The molecule has 0 radical (unpaired) electrons. The Bertz CT molecular complexity index is 1510. The highest BCUT2D eigenvalue weighted by Gasteiger charge is 2.23. The van der Waals surface area contributed by atoms with Crippen LogP contribution in [0.4, 0.5) is 0 Å². The highest BCUT2D eigenvalue weighted by molar-refractivity contribution is 5.62. The third-order valence-electron chi connectivity index (χ3n) is 6.24. The van der Waals surface area contributed by atoms with Gasteiger partial charge in [-0.05, 0) is 36.4 Å². The fourth-order valence-corrected chi connectivity index (χ4v) is 4.49. The van der Waals surface area contributed by atoms with E-state index in [9.17, 15) is 4.79 Å². The molecule has 0 amide bonds. The average molecular weight is 462 g/mol. The molecule has 1 aliphatic rings. The van der Waals surface area contributed by atoms with Crippen LogP contribution in [0.15, 0.2) is 90.4 Å². The third kappa shape index (κ3) is 4.27. The minimum absolute atomic E-state index is 0.0899. The van der Waals surface area contributed by atoms with Crippen molar-refractivity contribution in [1.82, 2.24) is 34.6 Å². The molecule has 0 fully saturated rings. The molecule has 0 spiro atoms. The third-order valence-corrected chi connectivity index (χ3v) is 6.24. The molecular formula is C27H23N7O. The second-order valence-corrected chi connectivity index (χ2v) is 8.56. The van der Waals surface area contributed by atoms with Crippen LogP contribution in [0.2, 0.25) is 0 Å². The van der Waals surface area contributed by atoms with Gasteiger partial charge in [-0.15, -0.1) is 0 Å². The molecule has 0 atom stereocenters. The Hall–Kier alpha value is -4.43. The predicted molar refractivity (Wildman–Crippen MR) is 133 cm³/mol. The van der Waals surface area contributed by atoms with Crippen molar-refractivity contribution < 1.29 is 0 Å². The number of pyridine rings is 2. The van der Waals surface area contributed by atoms with Crippen molar-refractivity contribution in [3.05, 3.63) is 113 Å². The summed E-state index contributed by atoms with van der Waals surface area (Å²) in [6.45, 7) is 2.02. The Balaban J connectivity index is 1.31. The SMILES string of the molecule is O=c1[nH]c(-c2cccnc2)nc2c1CN(Cc1cn(-c3ccccc3)nc1-c1ccncc1)CC2. The molecule has 0 unspecified atom stereocenters. The Morgan fingerprint density at radius 1 is 0.914 bits per heavy atom. The molecule has 35 heavy (non-hydrogen) atoms. The van der Waals surface area contributed by atoms with E-state index < -0.39 is 0 Å². The molecule has 0 aliphatic carbocycles. The van der Waals surface area contributed by atoms with E-state index in [1.807, 2.05) is 59.3 Å². The van der Waals surface area contributed by atoms with Crippen molar-refractivity contribution in [1.29, 1.82) is 0 Å². The van der Waals surface area contributed by atoms with Crippen LogP contribution < -0.4 is 5.56 Å². The number of aromatic nitrogens is 6. The molecular weight excluding hydrogens is 438 g/mol. The highest BCUT2D eigenvalue weighted by Crippen LogP contribution is 2.26. The van der Waals surface area contributed by atoms with Gasteiger partial charge < -0.3 is 4.98 Å². The summed E-state index contributed by atoms with van der Waals surface area (Å²) in [7, 11) is 0. The van der Waals surface area contributed by atoms with E-state index in [2.05, 4.69) is 26.0 Å². The minimum atomic E-state index is -0.0899. The maximum atomic E-state index is 13.0. The number of rotatable bonds is 5. The molecule has 5 aromatic rings. The summed E-state index contributed by atoms with van der Waals surface area (Å²) in [6.07, 6.45) is 9.77. The van der Waals surface area contributed by atoms with Crippen LogP contribution in [0.25, 0.3) is 28.3 Å². The van der Waals surface area contributed by atoms with Gasteiger partial charge in [0.25, 0.3) is 5.56 Å². The van der Waals surface area contributed by atoms with Gasteiger partial charge in [0.05, 0.1) is 22.6 Å². The zero-order chi connectivity index (χ0) is 23.6. The lowest BCUT2D eigenvalue weighted by Gasteiger charge is -2.27. The van der Waals surface area contributed by atoms with Crippen LogP contribution in [0, 0.1) is 0 Å². The summed E-state index contributed by atoms with van der Waals surface area (Å²) in [6, 6.07) is 17.8. The van der Waals surface area contributed by atoms with Crippen molar-refractivity contribution in [2.45, 2.75) is 19.5 Å². The Kier molecular flexibility index (Phi) is 5.48. The van der Waals surface area contributed by atoms with Crippen molar-refractivity contribution in [2.24, 2.45) is 0 Å². The van der Waals surface area contributed by atoms with Gasteiger partial charge in [0.15, 0.2) is 0 Å². The van der Waals surface area contributed by atoms with Crippen molar-refractivity contribution in [2.75, 3.05) is 6.54 Å². The second kappa shape index (κ2) is 9.08. The zero-order valence-electron chi connectivity index (χ0n) is 19.0. The van der Waals surface area contributed by atoms with Gasteiger partial charge in [0.1, 0.15) is 5.82 Å². The van der Waals surface area contributed by atoms with E-state index in [0.29, 0.717) is 25.3 Å². The number of nitrogens with one attached hydrogen (secondary N) is 1. The lowest BCUT2D eigenvalue weighted by atomic mass is 10.0. The van der Waals surface area contributed by atoms with Crippen LogP contribution in [-0.2, 0) is 19.5 Å². The van der Waals surface area contributed by atoms with Gasteiger partial charge in [-0.1, -0.05) is 18.2 Å². The van der Waals surface area contributed by atoms with Gasteiger partial charge in [-0.2, -0.15) is 5.10 Å². The molecule has 1 N–H and O–H groups in total. The highest BCUT2D eigenvalue weighted by atomic mass is 16.1. The number of H-pyrrole nitrogens is 1. The summed E-state index contributed by atoms with van der Waals surface area (Å²) in [5, 5.41) is 4.90. The van der Waals surface area contributed by atoms with Gasteiger partial charge >= 0.3 is 0 Å². The normalized spacial score (nSPS) is 13.5. The molecule has 1 aromatic carbocycles. The van der Waals surface area contributed by atoms with Crippen LogP contribution in [0.1, 0.15) is 16.8 Å². The molecule has 4 aromatic heterocycles. The fraction of sp³-hybridized carbons (Fsp3) is 0.148. The number of hydrogen-bond acceptors (Lipinski definition) is 6. The summed E-state index contributed by atoms with van der Waals surface area (Å²) >= 11 is 0. The van der Waals surface area contributed by atoms with Crippen LogP contribution in [-0.4, -0.2) is 41.2 Å². The maximum Gasteiger partial charge on any atom is 0.255 e. The zero-order valence-corrected chi connectivity index (χ0v) is 19.0. The lowest BCUT2D eigenvalue weighted by Crippen LogP contribution is -2.35. The summed E-state index contributed by atoms with van der Waals surface area (Å²) in [4.78, 5) is 31.2. The number of aromatic amines is 1. The van der Waals surface area contributed by atoms with E-state index >= 15 is 0 Å². The van der Waals surface area contributed by atoms with Gasteiger partial charge in [-0.25, -0.2) is 9.67 Å². The Morgan fingerprint density at radius 2 is 1.77 bits per heavy atom. The first-order chi connectivity index (χ1) is 17.2. The van der Waals surface area contributed by atoms with Crippen molar-refractivity contribution >= 4 is 0 Å². The summed E-state index contributed by atoms with van der Waals surface area (Å²) in [5.41, 5.74) is 6.34. The number of fused-ring (bicyclic) bond motifs is 1. The molecule has 0 saturated carbocycles. The van der Waals surface area contributed by atoms with Gasteiger partial charge in [0, 0.05) is 73.7 Å². The largest absolute Gasteiger partial charge is 0.306 e. The molecule has 172 valence electrons. The topological polar surface area (TPSA) is 92.6 Å².